The van der Waals surface area contributed by atoms with Crippen LogP contribution in [0.2, 0.25) is 0 Å². The van der Waals surface area contributed by atoms with Crippen LogP contribution in [-0.2, 0) is 0 Å². The van der Waals surface area contributed by atoms with Crippen molar-refractivity contribution in [1.82, 2.24) is 9.66 Å². The lowest BCUT2D eigenvalue weighted by Gasteiger charge is -2.20. The van der Waals surface area contributed by atoms with Gasteiger partial charge in [-0.15, -0.1) is 0 Å². The molecule has 2 aromatic carbocycles. The van der Waals surface area contributed by atoms with Crippen LogP contribution in [0.15, 0.2) is 44.7 Å². The molecule has 0 saturated carbocycles. The number of methoxy groups -OCH3 is 1. The van der Waals surface area contributed by atoms with Crippen molar-refractivity contribution in [2.45, 2.75) is 47.0 Å². The molecule has 0 aliphatic heterocycles. The minimum Gasteiger partial charge on any atom is -0.493 e. The number of nitro benzene ring substituents is 1. The fraction of sp³-hybridized carbons (Fsp3) is 0.400. The van der Waals surface area contributed by atoms with Crippen LogP contribution in [-0.4, -0.2) is 34.5 Å². The summed E-state index contributed by atoms with van der Waals surface area (Å²) >= 11 is 3.39. The molecule has 0 spiro atoms. The van der Waals surface area contributed by atoms with E-state index in [0.29, 0.717) is 22.3 Å². The molecule has 9 nitrogen and oxygen atoms in total. The van der Waals surface area contributed by atoms with Gasteiger partial charge in [0.2, 0.25) is 5.75 Å². The van der Waals surface area contributed by atoms with Crippen molar-refractivity contribution in [3.05, 3.63) is 66.7 Å². The van der Waals surface area contributed by atoms with Crippen LogP contribution in [0.1, 0.15) is 58.3 Å². The molecular formula is C25H29BrN4O5. The van der Waals surface area contributed by atoms with Crippen molar-refractivity contribution in [3.8, 4) is 11.5 Å². The second-order valence-corrected chi connectivity index (χ2v) is 10.4. The van der Waals surface area contributed by atoms with Gasteiger partial charge in [0.15, 0.2) is 5.75 Å². The van der Waals surface area contributed by atoms with Crippen molar-refractivity contribution in [2.24, 2.45) is 10.5 Å². The number of fused-ring (bicyclic) bond motifs is 1. The number of hydrogen-bond acceptors (Lipinski definition) is 7. The van der Waals surface area contributed by atoms with Crippen LogP contribution >= 0.6 is 15.9 Å². The average Bonchev–Trinajstić information content (AvgIpc) is 2.80. The van der Waals surface area contributed by atoms with Crippen molar-refractivity contribution in [3.63, 3.8) is 0 Å². The summed E-state index contributed by atoms with van der Waals surface area (Å²) in [6.45, 7) is 10.1. The van der Waals surface area contributed by atoms with Gasteiger partial charge in [0.05, 0.1) is 35.8 Å². The van der Waals surface area contributed by atoms with Gasteiger partial charge in [-0.05, 0) is 36.1 Å². The van der Waals surface area contributed by atoms with Gasteiger partial charge >= 0.3 is 5.69 Å². The van der Waals surface area contributed by atoms with Gasteiger partial charge in [-0.3, -0.25) is 14.9 Å². The minimum atomic E-state index is -0.524. The number of aromatic nitrogens is 2. The summed E-state index contributed by atoms with van der Waals surface area (Å²) in [5.74, 6) is 0.735. The number of rotatable bonds is 8. The van der Waals surface area contributed by atoms with Gasteiger partial charge in [-0.25, -0.2) is 4.98 Å². The second kappa shape index (κ2) is 10.6. The molecule has 0 bridgehead atoms. The zero-order valence-corrected chi connectivity index (χ0v) is 22.2. The minimum absolute atomic E-state index is 0.0371. The Morgan fingerprint density at radius 1 is 1.29 bits per heavy atom. The Bertz CT molecular complexity index is 1340. The summed E-state index contributed by atoms with van der Waals surface area (Å²) < 4.78 is 13.2. The van der Waals surface area contributed by atoms with E-state index in [4.69, 9.17) is 9.47 Å². The van der Waals surface area contributed by atoms with Gasteiger partial charge in [0, 0.05) is 22.0 Å². The Hall–Kier alpha value is -3.27. The van der Waals surface area contributed by atoms with E-state index in [0.717, 1.165) is 10.9 Å². The molecule has 0 amide bonds. The Labute approximate surface area is 212 Å². The van der Waals surface area contributed by atoms with Crippen LogP contribution in [0.3, 0.4) is 0 Å². The molecule has 3 aromatic rings. The van der Waals surface area contributed by atoms with E-state index in [2.05, 4.69) is 26.0 Å². The predicted octanol–water partition coefficient (Wildman–Crippen LogP) is 5.90. The third kappa shape index (κ3) is 6.05. The lowest BCUT2D eigenvalue weighted by molar-refractivity contribution is -0.386. The highest BCUT2D eigenvalue weighted by Gasteiger charge is 2.24. The Kier molecular flexibility index (Phi) is 7.94. The largest absolute Gasteiger partial charge is 0.493 e. The van der Waals surface area contributed by atoms with E-state index in [-0.39, 0.29) is 40.7 Å². The van der Waals surface area contributed by atoms with E-state index in [1.165, 1.54) is 24.1 Å². The summed E-state index contributed by atoms with van der Waals surface area (Å²) in [5, 5.41) is 16.6. The molecule has 3 rings (SSSR count). The highest BCUT2D eigenvalue weighted by atomic mass is 79.9. The number of nitro groups is 1. The van der Waals surface area contributed by atoms with E-state index >= 15 is 0 Å². The zero-order chi connectivity index (χ0) is 25.9. The normalized spacial score (nSPS) is 12.8. The molecule has 10 heteroatoms. The Morgan fingerprint density at radius 3 is 2.60 bits per heavy atom. The van der Waals surface area contributed by atoms with Crippen LogP contribution < -0.4 is 15.0 Å². The van der Waals surface area contributed by atoms with Gasteiger partial charge in [0.25, 0.3) is 5.56 Å². The fourth-order valence-electron chi connectivity index (χ4n) is 3.31. The molecule has 1 atom stereocenters. The first-order chi connectivity index (χ1) is 16.4. The van der Waals surface area contributed by atoms with Crippen LogP contribution in [0.5, 0.6) is 11.5 Å². The number of ether oxygens (including phenoxy) is 2. The average molecular weight is 545 g/mol. The summed E-state index contributed by atoms with van der Waals surface area (Å²) in [7, 11) is 1.42. The first kappa shape index (κ1) is 26.3. The molecule has 35 heavy (non-hydrogen) atoms. The number of halogens is 1. The standard InChI is InChI=1S/C25H29BrN4O5/c1-7-15(2)23-28-19-9-8-17(26)12-18(19)24(31)29(23)27-13-16-10-20(30(32)33)22(21(11-16)34-6)35-14-25(3,4)5/h8-13,15H,7,14H2,1-6H3/t15-/m0/s1. The topological polar surface area (TPSA) is 109 Å². The third-order valence-corrected chi connectivity index (χ3v) is 5.83. The quantitative estimate of drug-likeness (QED) is 0.198. The summed E-state index contributed by atoms with van der Waals surface area (Å²) in [6.07, 6.45) is 2.14. The maximum atomic E-state index is 13.3. The Balaban J connectivity index is 2.14. The lowest BCUT2D eigenvalue weighted by Crippen LogP contribution is -2.23. The van der Waals surface area contributed by atoms with E-state index < -0.39 is 4.92 Å². The molecule has 0 aliphatic rings. The van der Waals surface area contributed by atoms with Gasteiger partial charge < -0.3 is 9.47 Å². The van der Waals surface area contributed by atoms with Crippen molar-refractivity contribution < 1.29 is 14.4 Å². The van der Waals surface area contributed by atoms with Gasteiger partial charge in [0.1, 0.15) is 5.82 Å². The molecule has 0 radical (unpaired) electrons. The van der Waals surface area contributed by atoms with Crippen molar-refractivity contribution in [2.75, 3.05) is 13.7 Å². The fourth-order valence-corrected chi connectivity index (χ4v) is 3.67. The van der Waals surface area contributed by atoms with Crippen molar-refractivity contribution >= 4 is 38.7 Å². The maximum Gasteiger partial charge on any atom is 0.315 e. The highest BCUT2D eigenvalue weighted by Crippen LogP contribution is 2.39. The molecule has 186 valence electrons. The van der Waals surface area contributed by atoms with Crippen LogP contribution in [0.25, 0.3) is 10.9 Å². The molecule has 0 unspecified atom stereocenters. The number of nitrogens with zero attached hydrogens (tertiary/aromatic N) is 4. The molecule has 0 N–H and O–H groups in total. The predicted molar refractivity (Wildman–Crippen MR) is 140 cm³/mol. The SMILES string of the molecule is CC[C@H](C)c1nc2ccc(Br)cc2c(=O)n1N=Cc1cc(OC)c(OCC(C)(C)C)c([N+](=O)[O-])c1. The van der Waals surface area contributed by atoms with E-state index in [1.54, 1.807) is 18.2 Å². The number of benzene rings is 2. The van der Waals surface area contributed by atoms with Crippen LogP contribution in [0.4, 0.5) is 5.69 Å². The van der Waals surface area contributed by atoms with Gasteiger partial charge in [-0.2, -0.15) is 9.78 Å². The summed E-state index contributed by atoms with van der Waals surface area (Å²) in [4.78, 5) is 29.3. The molecule has 1 heterocycles. The smallest absolute Gasteiger partial charge is 0.315 e. The molecule has 0 saturated heterocycles. The first-order valence-electron chi connectivity index (χ1n) is 11.2. The van der Waals surface area contributed by atoms with Crippen molar-refractivity contribution in [1.29, 1.82) is 0 Å². The molecule has 1 aromatic heterocycles. The van der Waals surface area contributed by atoms with E-state index in [9.17, 15) is 14.9 Å². The maximum absolute atomic E-state index is 13.3. The highest BCUT2D eigenvalue weighted by molar-refractivity contribution is 9.10. The first-order valence-corrected chi connectivity index (χ1v) is 12.0. The zero-order valence-electron chi connectivity index (χ0n) is 20.7. The second-order valence-electron chi connectivity index (χ2n) is 9.48. The number of hydrogen-bond donors (Lipinski definition) is 0. The van der Waals surface area contributed by atoms with Gasteiger partial charge in [-0.1, -0.05) is 50.5 Å². The summed E-state index contributed by atoms with van der Waals surface area (Å²) in [6, 6.07) is 8.26. The third-order valence-electron chi connectivity index (χ3n) is 5.33. The van der Waals surface area contributed by atoms with E-state index in [1.807, 2.05) is 40.7 Å². The monoisotopic (exact) mass is 544 g/mol. The lowest BCUT2D eigenvalue weighted by atomic mass is 9.98. The summed E-state index contributed by atoms with van der Waals surface area (Å²) in [5.41, 5.74) is 0.190. The molecule has 0 aliphatic carbocycles. The molecular weight excluding hydrogens is 516 g/mol. The van der Waals surface area contributed by atoms with Crippen LogP contribution in [0, 0.1) is 15.5 Å². The molecule has 0 fully saturated rings. The Morgan fingerprint density at radius 2 is 2.00 bits per heavy atom.